The van der Waals surface area contributed by atoms with Gasteiger partial charge < -0.3 is 15.2 Å². The van der Waals surface area contributed by atoms with Crippen LogP contribution in [0.3, 0.4) is 0 Å². The number of aromatic nitrogens is 2. The lowest BCUT2D eigenvalue weighted by atomic mass is 9.81. The molecule has 2 N–H and O–H groups in total. The van der Waals surface area contributed by atoms with Gasteiger partial charge in [-0.3, -0.25) is 4.79 Å². The van der Waals surface area contributed by atoms with E-state index in [4.69, 9.17) is 4.52 Å². The van der Waals surface area contributed by atoms with Gasteiger partial charge in [0.05, 0.1) is 16.6 Å². The molecule has 2 fully saturated rings. The molecule has 1 aliphatic carbocycles. The van der Waals surface area contributed by atoms with E-state index in [1.165, 1.54) is 0 Å². The van der Waals surface area contributed by atoms with Crippen LogP contribution < -0.4 is 10.6 Å². The Hall–Kier alpha value is -1.95. The van der Waals surface area contributed by atoms with Crippen LogP contribution in [0.5, 0.6) is 0 Å². The summed E-state index contributed by atoms with van der Waals surface area (Å²) >= 11 is 0. The summed E-state index contributed by atoms with van der Waals surface area (Å²) in [5.41, 5.74) is 2.97. The number of hydrogen-bond acceptors (Lipinski definition) is 5. The lowest BCUT2D eigenvalue weighted by Gasteiger charge is -2.34. The van der Waals surface area contributed by atoms with Crippen LogP contribution in [-0.2, 0) is 0 Å². The van der Waals surface area contributed by atoms with Gasteiger partial charge in [-0.1, -0.05) is 12.1 Å². The molecular weight excluding hydrogens is 304 g/mol. The molecule has 2 aromatic heterocycles. The Kier molecular flexibility index (Phi) is 3.79. The lowest BCUT2D eigenvalue weighted by molar-refractivity contribution is 0.0923. The fourth-order valence-electron chi connectivity index (χ4n) is 3.48. The summed E-state index contributed by atoms with van der Waals surface area (Å²) in [5.74, 6) is 0.420. The summed E-state index contributed by atoms with van der Waals surface area (Å²) in [6.45, 7) is 6.83. The van der Waals surface area contributed by atoms with Gasteiger partial charge in [-0.2, -0.15) is 0 Å². The maximum Gasteiger partial charge on any atom is 0.259 e. The molecule has 1 aliphatic heterocycles. The zero-order valence-electron chi connectivity index (χ0n) is 14.3. The minimum Gasteiger partial charge on any atom is -0.351 e. The summed E-state index contributed by atoms with van der Waals surface area (Å²) in [6.07, 6.45) is 4.44. The van der Waals surface area contributed by atoms with Crippen molar-refractivity contribution >= 4 is 17.0 Å². The summed E-state index contributed by atoms with van der Waals surface area (Å²) < 4.78 is 5.32. The van der Waals surface area contributed by atoms with E-state index in [0.717, 1.165) is 55.5 Å². The van der Waals surface area contributed by atoms with E-state index in [2.05, 4.69) is 27.7 Å². The molecule has 0 spiro atoms. The SMILES string of the molecule is Cc1noc2nc(C3CC3)cc(C(=O)NCC3(C)CCNCC3)c12. The van der Waals surface area contributed by atoms with Gasteiger partial charge in [0.15, 0.2) is 0 Å². The van der Waals surface area contributed by atoms with Gasteiger partial charge in [-0.25, -0.2) is 4.98 Å². The number of carbonyl (C=O) groups excluding carboxylic acids is 1. The normalized spacial score (nSPS) is 20.2. The number of fused-ring (bicyclic) bond motifs is 1. The Labute approximate surface area is 141 Å². The number of rotatable bonds is 4. The van der Waals surface area contributed by atoms with Crippen LogP contribution in [0, 0.1) is 12.3 Å². The fourth-order valence-corrected chi connectivity index (χ4v) is 3.48. The highest BCUT2D eigenvalue weighted by molar-refractivity contribution is 6.06. The van der Waals surface area contributed by atoms with Crippen molar-refractivity contribution in [3.8, 4) is 0 Å². The van der Waals surface area contributed by atoms with Crippen molar-refractivity contribution in [1.82, 2.24) is 20.8 Å². The molecule has 3 heterocycles. The maximum absolute atomic E-state index is 12.9. The van der Waals surface area contributed by atoms with Crippen LogP contribution in [-0.4, -0.2) is 35.7 Å². The minimum absolute atomic E-state index is 0.0460. The van der Waals surface area contributed by atoms with Gasteiger partial charge in [0, 0.05) is 18.2 Å². The molecule has 0 aromatic carbocycles. The molecular formula is C18H24N4O2. The van der Waals surface area contributed by atoms with Crippen LogP contribution in [0.25, 0.3) is 11.1 Å². The van der Waals surface area contributed by atoms with E-state index in [-0.39, 0.29) is 11.3 Å². The molecule has 0 atom stereocenters. The second-order valence-corrected chi connectivity index (χ2v) is 7.56. The Morgan fingerprint density at radius 2 is 2.17 bits per heavy atom. The Bertz CT molecular complexity index is 773. The Balaban J connectivity index is 1.60. The van der Waals surface area contributed by atoms with E-state index >= 15 is 0 Å². The molecule has 6 heteroatoms. The molecule has 2 aromatic rings. The molecule has 128 valence electrons. The van der Waals surface area contributed by atoms with E-state index in [9.17, 15) is 4.79 Å². The zero-order chi connectivity index (χ0) is 16.7. The summed E-state index contributed by atoms with van der Waals surface area (Å²) in [6, 6.07) is 1.93. The number of pyridine rings is 1. The second kappa shape index (κ2) is 5.84. The monoisotopic (exact) mass is 328 g/mol. The predicted octanol–water partition coefficient (Wildman–Crippen LogP) is 2.53. The molecule has 0 unspecified atom stereocenters. The van der Waals surface area contributed by atoms with Gasteiger partial charge in [-0.15, -0.1) is 0 Å². The zero-order valence-corrected chi connectivity index (χ0v) is 14.3. The third-order valence-electron chi connectivity index (χ3n) is 5.36. The van der Waals surface area contributed by atoms with Crippen LogP contribution in [0.2, 0.25) is 0 Å². The first-order valence-electron chi connectivity index (χ1n) is 8.82. The van der Waals surface area contributed by atoms with Crippen molar-refractivity contribution in [3.05, 3.63) is 23.0 Å². The second-order valence-electron chi connectivity index (χ2n) is 7.56. The third kappa shape index (κ3) is 2.90. The van der Waals surface area contributed by atoms with Crippen molar-refractivity contribution in [1.29, 1.82) is 0 Å². The van der Waals surface area contributed by atoms with Crippen LogP contribution in [0.1, 0.15) is 60.3 Å². The number of amides is 1. The quantitative estimate of drug-likeness (QED) is 0.901. The molecule has 24 heavy (non-hydrogen) atoms. The van der Waals surface area contributed by atoms with Crippen LogP contribution in [0.4, 0.5) is 0 Å². The van der Waals surface area contributed by atoms with Crippen LogP contribution in [0.15, 0.2) is 10.6 Å². The lowest BCUT2D eigenvalue weighted by Crippen LogP contribution is -2.43. The number of nitrogens with zero attached hydrogens (tertiary/aromatic N) is 2. The standard InChI is InChI=1S/C18H24N4O2/c1-11-15-13(9-14(12-3-4-12)21-17(15)24-22-11)16(23)20-10-18(2)5-7-19-8-6-18/h9,12,19H,3-8,10H2,1-2H3,(H,20,23). The van der Waals surface area contributed by atoms with Crippen molar-refractivity contribution in [2.75, 3.05) is 19.6 Å². The number of nitrogens with one attached hydrogen (secondary N) is 2. The predicted molar refractivity (Wildman–Crippen MR) is 91.1 cm³/mol. The van der Waals surface area contributed by atoms with Crippen LogP contribution >= 0.6 is 0 Å². The molecule has 6 nitrogen and oxygen atoms in total. The van der Waals surface area contributed by atoms with Gasteiger partial charge in [0.2, 0.25) is 0 Å². The van der Waals surface area contributed by atoms with Gasteiger partial charge in [0.1, 0.15) is 0 Å². The minimum atomic E-state index is -0.0460. The number of piperidine rings is 1. The highest BCUT2D eigenvalue weighted by Crippen LogP contribution is 2.40. The van der Waals surface area contributed by atoms with E-state index in [1.807, 2.05) is 13.0 Å². The fraction of sp³-hybridized carbons (Fsp3) is 0.611. The Morgan fingerprint density at radius 3 is 2.88 bits per heavy atom. The van der Waals surface area contributed by atoms with E-state index < -0.39 is 0 Å². The van der Waals surface area contributed by atoms with Gasteiger partial charge in [-0.05, 0) is 57.2 Å². The molecule has 2 aliphatic rings. The molecule has 1 saturated heterocycles. The summed E-state index contributed by atoms with van der Waals surface area (Å²) in [4.78, 5) is 17.4. The highest BCUT2D eigenvalue weighted by atomic mass is 16.5. The first kappa shape index (κ1) is 15.6. The van der Waals surface area contributed by atoms with E-state index in [1.54, 1.807) is 0 Å². The van der Waals surface area contributed by atoms with Crippen molar-refractivity contribution < 1.29 is 9.32 Å². The summed E-state index contributed by atoms with van der Waals surface area (Å²) in [5, 5.41) is 11.3. The average Bonchev–Trinajstić information content (AvgIpc) is 3.37. The average molecular weight is 328 g/mol. The highest BCUT2D eigenvalue weighted by Gasteiger charge is 2.30. The van der Waals surface area contributed by atoms with Crippen molar-refractivity contribution in [3.63, 3.8) is 0 Å². The number of aryl methyl sites for hydroxylation is 1. The molecule has 4 rings (SSSR count). The van der Waals surface area contributed by atoms with Crippen molar-refractivity contribution in [2.45, 2.75) is 45.4 Å². The maximum atomic E-state index is 12.9. The summed E-state index contributed by atoms with van der Waals surface area (Å²) in [7, 11) is 0. The number of hydrogen-bond donors (Lipinski definition) is 2. The molecule has 1 saturated carbocycles. The van der Waals surface area contributed by atoms with E-state index in [0.29, 0.717) is 23.7 Å². The Morgan fingerprint density at radius 1 is 1.42 bits per heavy atom. The third-order valence-corrected chi connectivity index (χ3v) is 5.36. The van der Waals surface area contributed by atoms with Gasteiger partial charge in [0.25, 0.3) is 11.6 Å². The molecule has 1 amide bonds. The first-order chi connectivity index (χ1) is 11.6. The first-order valence-corrected chi connectivity index (χ1v) is 8.82. The topological polar surface area (TPSA) is 80.0 Å². The van der Waals surface area contributed by atoms with Gasteiger partial charge >= 0.3 is 0 Å². The van der Waals surface area contributed by atoms with Crippen molar-refractivity contribution in [2.24, 2.45) is 5.41 Å². The molecule has 0 bridgehead atoms. The molecule has 0 radical (unpaired) electrons. The largest absolute Gasteiger partial charge is 0.351 e. The number of carbonyl (C=O) groups is 1. The smallest absolute Gasteiger partial charge is 0.259 e.